The molecule has 1 unspecified atom stereocenters. The van der Waals surface area contributed by atoms with E-state index in [9.17, 15) is 14.9 Å². The zero-order chi connectivity index (χ0) is 13.7. The largest absolute Gasteiger partial charge is 0.493 e. The highest BCUT2D eigenvalue weighted by atomic mass is 16.6. The van der Waals surface area contributed by atoms with Crippen LogP contribution in [0.4, 0.5) is 5.69 Å². The van der Waals surface area contributed by atoms with Crippen molar-refractivity contribution in [1.29, 1.82) is 0 Å². The third-order valence-electron chi connectivity index (χ3n) is 2.37. The summed E-state index contributed by atoms with van der Waals surface area (Å²) in [6, 6.07) is 3.24. The molecule has 18 heavy (non-hydrogen) atoms. The minimum absolute atomic E-state index is 0.0120. The normalized spacial score (nSPS) is 11.9. The van der Waals surface area contributed by atoms with Crippen molar-refractivity contribution >= 4 is 11.7 Å². The fourth-order valence-corrected chi connectivity index (χ4v) is 1.33. The van der Waals surface area contributed by atoms with Crippen LogP contribution in [0, 0.1) is 17.0 Å². The van der Waals surface area contributed by atoms with E-state index in [1.165, 1.54) is 18.2 Å². The van der Waals surface area contributed by atoms with Crippen LogP contribution in [0.1, 0.15) is 12.0 Å². The van der Waals surface area contributed by atoms with Crippen LogP contribution in [-0.4, -0.2) is 28.6 Å². The number of rotatable bonds is 6. The summed E-state index contributed by atoms with van der Waals surface area (Å²) in [5, 5.41) is 19.1. The number of benzene rings is 1. The lowest BCUT2D eigenvalue weighted by molar-refractivity contribution is -0.384. The van der Waals surface area contributed by atoms with E-state index in [1.54, 1.807) is 6.92 Å². The van der Waals surface area contributed by atoms with E-state index in [0.29, 0.717) is 11.3 Å². The number of non-ortho nitro benzene ring substituents is 1. The first-order valence-corrected chi connectivity index (χ1v) is 5.28. The number of carboxylic acids is 1. The Morgan fingerprint density at radius 2 is 2.28 bits per heavy atom. The molecule has 3 N–H and O–H groups in total. The number of carbonyl (C=O) groups is 1. The van der Waals surface area contributed by atoms with E-state index in [0.717, 1.165) is 0 Å². The molecule has 0 saturated carbocycles. The Labute approximate surface area is 103 Å². The summed E-state index contributed by atoms with van der Waals surface area (Å²) in [5.41, 5.74) is 5.92. The van der Waals surface area contributed by atoms with Crippen molar-refractivity contribution in [3.8, 4) is 5.75 Å². The Morgan fingerprint density at radius 3 is 2.78 bits per heavy atom. The summed E-state index contributed by atoms with van der Waals surface area (Å²) in [4.78, 5) is 20.5. The summed E-state index contributed by atoms with van der Waals surface area (Å²) < 4.78 is 5.33. The Balaban J connectivity index is 2.58. The van der Waals surface area contributed by atoms with E-state index in [1.807, 2.05) is 0 Å². The number of hydrogen-bond acceptors (Lipinski definition) is 5. The van der Waals surface area contributed by atoms with Crippen molar-refractivity contribution in [2.24, 2.45) is 5.73 Å². The second kappa shape index (κ2) is 5.97. The Hall–Kier alpha value is -2.15. The van der Waals surface area contributed by atoms with Gasteiger partial charge in [-0.1, -0.05) is 0 Å². The second-order valence-electron chi connectivity index (χ2n) is 3.79. The van der Waals surface area contributed by atoms with Gasteiger partial charge >= 0.3 is 5.97 Å². The van der Waals surface area contributed by atoms with Gasteiger partial charge in [0.1, 0.15) is 11.8 Å². The van der Waals surface area contributed by atoms with E-state index in [4.69, 9.17) is 15.6 Å². The highest BCUT2D eigenvalue weighted by Gasteiger charge is 2.12. The van der Waals surface area contributed by atoms with Crippen molar-refractivity contribution in [2.75, 3.05) is 6.61 Å². The summed E-state index contributed by atoms with van der Waals surface area (Å²) in [6.07, 6.45) is 0.172. The second-order valence-corrected chi connectivity index (χ2v) is 3.79. The molecule has 98 valence electrons. The molecule has 0 spiro atoms. The molecule has 0 aliphatic rings. The maximum absolute atomic E-state index is 10.5. The zero-order valence-corrected chi connectivity index (χ0v) is 9.83. The van der Waals surface area contributed by atoms with Crippen molar-refractivity contribution in [1.82, 2.24) is 0 Å². The maximum Gasteiger partial charge on any atom is 0.320 e. The molecule has 0 amide bonds. The van der Waals surface area contributed by atoms with Crippen LogP contribution in [0.3, 0.4) is 0 Å². The fraction of sp³-hybridized carbons (Fsp3) is 0.364. The Morgan fingerprint density at radius 1 is 1.61 bits per heavy atom. The maximum atomic E-state index is 10.5. The average Bonchev–Trinajstić information content (AvgIpc) is 2.30. The first kappa shape index (κ1) is 13.9. The van der Waals surface area contributed by atoms with Gasteiger partial charge in [0.25, 0.3) is 5.69 Å². The molecule has 1 rings (SSSR count). The van der Waals surface area contributed by atoms with Gasteiger partial charge in [-0.25, -0.2) is 0 Å². The number of nitrogens with zero attached hydrogens (tertiary/aromatic N) is 1. The van der Waals surface area contributed by atoms with Crippen LogP contribution in [0.2, 0.25) is 0 Å². The van der Waals surface area contributed by atoms with Crippen LogP contribution < -0.4 is 10.5 Å². The third kappa shape index (κ3) is 3.70. The average molecular weight is 254 g/mol. The number of hydrogen-bond donors (Lipinski definition) is 2. The molecule has 0 fully saturated rings. The standard InChI is InChI=1S/C11H14N2O5/c1-7-6-8(13(16)17)2-3-10(7)18-5-4-9(12)11(14)15/h2-3,6,9H,4-5,12H2,1H3,(H,14,15). The lowest BCUT2D eigenvalue weighted by Gasteiger charge is -2.10. The Bertz CT molecular complexity index is 461. The molecular formula is C11H14N2O5. The van der Waals surface area contributed by atoms with Gasteiger partial charge in [0.05, 0.1) is 11.5 Å². The molecular weight excluding hydrogens is 240 g/mol. The van der Waals surface area contributed by atoms with Crippen LogP contribution >= 0.6 is 0 Å². The monoisotopic (exact) mass is 254 g/mol. The van der Waals surface area contributed by atoms with Crippen molar-refractivity contribution in [3.63, 3.8) is 0 Å². The van der Waals surface area contributed by atoms with Crippen LogP contribution in [0.5, 0.6) is 5.75 Å². The van der Waals surface area contributed by atoms with Crippen molar-refractivity contribution < 1.29 is 19.6 Å². The van der Waals surface area contributed by atoms with Gasteiger partial charge in [-0.2, -0.15) is 0 Å². The highest BCUT2D eigenvalue weighted by Crippen LogP contribution is 2.23. The van der Waals surface area contributed by atoms with E-state index >= 15 is 0 Å². The molecule has 1 atom stereocenters. The topological polar surface area (TPSA) is 116 Å². The van der Waals surface area contributed by atoms with E-state index < -0.39 is 16.9 Å². The number of nitro benzene ring substituents is 1. The Kier molecular flexibility index (Phi) is 4.61. The molecule has 0 bridgehead atoms. The summed E-state index contributed by atoms with van der Waals surface area (Å²) in [6.45, 7) is 1.82. The SMILES string of the molecule is Cc1cc([N+](=O)[O-])ccc1OCCC(N)C(=O)O. The van der Waals surface area contributed by atoms with Crippen LogP contribution in [0.15, 0.2) is 18.2 Å². The van der Waals surface area contributed by atoms with Gasteiger partial charge < -0.3 is 15.6 Å². The number of aliphatic carboxylic acids is 1. The highest BCUT2D eigenvalue weighted by molar-refractivity contribution is 5.72. The molecule has 0 aliphatic heterocycles. The molecule has 7 heteroatoms. The van der Waals surface area contributed by atoms with E-state index in [-0.39, 0.29) is 18.7 Å². The zero-order valence-electron chi connectivity index (χ0n) is 9.83. The summed E-state index contributed by atoms with van der Waals surface area (Å²) in [7, 11) is 0. The predicted octanol–water partition coefficient (Wildman–Crippen LogP) is 1.08. The number of nitrogens with two attached hydrogens (primary N) is 1. The minimum atomic E-state index is -1.08. The van der Waals surface area contributed by atoms with E-state index in [2.05, 4.69) is 0 Å². The first-order valence-electron chi connectivity index (χ1n) is 5.28. The fourth-order valence-electron chi connectivity index (χ4n) is 1.33. The molecule has 7 nitrogen and oxygen atoms in total. The molecule has 1 aromatic carbocycles. The van der Waals surface area contributed by atoms with Gasteiger partial charge in [-0.05, 0) is 18.6 Å². The predicted molar refractivity (Wildman–Crippen MR) is 63.6 cm³/mol. The lowest BCUT2D eigenvalue weighted by atomic mass is 10.2. The van der Waals surface area contributed by atoms with Crippen molar-refractivity contribution in [2.45, 2.75) is 19.4 Å². The molecule has 0 heterocycles. The first-order chi connectivity index (χ1) is 8.41. The molecule has 0 aromatic heterocycles. The van der Waals surface area contributed by atoms with Gasteiger partial charge in [-0.3, -0.25) is 14.9 Å². The van der Waals surface area contributed by atoms with Gasteiger partial charge in [-0.15, -0.1) is 0 Å². The number of aryl methyl sites for hydroxylation is 1. The molecule has 0 saturated heterocycles. The third-order valence-corrected chi connectivity index (χ3v) is 2.37. The summed E-state index contributed by atoms with van der Waals surface area (Å²) >= 11 is 0. The minimum Gasteiger partial charge on any atom is -0.493 e. The number of nitro groups is 1. The van der Waals surface area contributed by atoms with Crippen LogP contribution in [-0.2, 0) is 4.79 Å². The van der Waals surface area contributed by atoms with Gasteiger partial charge in [0.15, 0.2) is 0 Å². The van der Waals surface area contributed by atoms with Gasteiger partial charge in [0, 0.05) is 18.6 Å². The van der Waals surface area contributed by atoms with Gasteiger partial charge in [0.2, 0.25) is 0 Å². The smallest absolute Gasteiger partial charge is 0.320 e. The quantitative estimate of drug-likeness (QED) is 0.579. The summed E-state index contributed by atoms with van der Waals surface area (Å²) in [5.74, 6) is -0.600. The number of carboxylic acid groups (broad SMARTS) is 1. The molecule has 1 aromatic rings. The lowest BCUT2D eigenvalue weighted by Crippen LogP contribution is -2.31. The van der Waals surface area contributed by atoms with Crippen molar-refractivity contribution in [3.05, 3.63) is 33.9 Å². The van der Waals surface area contributed by atoms with Crippen LogP contribution in [0.25, 0.3) is 0 Å². The number of ether oxygens (including phenoxy) is 1. The molecule has 0 radical (unpaired) electrons. The molecule has 0 aliphatic carbocycles.